The van der Waals surface area contributed by atoms with E-state index < -0.39 is 0 Å². The molecule has 7 nitrogen and oxygen atoms in total. The number of nitrogens with zero attached hydrogens (tertiary/aromatic N) is 2. The molecule has 0 bridgehead atoms. The molecule has 0 amide bonds. The maximum Gasteiger partial charge on any atom is 0.328 e. The van der Waals surface area contributed by atoms with Crippen LogP contribution in [0, 0.1) is 11.8 Å². The molecule has 4 rings (SSSR count). The molecule has 1 saturated carbocycles. The number of fused-ring (bicyclic) bond motifs is 1. The van der Waals surface area contributed by atoms with E-state index in [1.54, 1.807) is 18.7 Å². The van der Waals surface area contributed by atoms with Crippen LogP contribution in [0.1, 0.15) is 45.1 Å². The van der Waals surface area contributed by atoms with E-state index in [0.29, 0.717) is 19.1 Å². The Balaban J connectivity index is 0.00000158. The molecule has 1 aliphatic rings. The molecule has 1 fully saturated rings. The summed E-state index contributed by atoms with van der Waals surface area (Å²) in [6.07, 6.45) is 3.45. The van der Waals surface area contributed by atoms with Crippen molar-refractivity contribution in [3.05, 3.63) is 58.5 Å². The Morgan fingerprint density at radius 3 is 2.21 bits per heavy atom. The first kappa shape index (κ1) is 25.4. The number of rotatable bonds is 7. The summed E-state index contributed by atoms with van der Waals surface area (Å²) < 4.78 is 19.6. The highest BCUT2D eigenvalue weighted by molar-refractivity contribution is 5.78. The third-order valence-electron chi connectivity index (χ3n) is 6.50. The van der Waals surface area contributed by atoms with Crippen LogP contribution < -0.4 is 15.2 Å². The molecule has 0 saturated heterocycles. The molecular formula is C27H36N2O5. The van der Waals surface area contributed by atoms with Gasteiger partial charge in [-0.2, -0.15) is 0 Å². The zero-order valence-electron chi connectivity index (χ0n) is 20.9. The van der Waals surface area contributed by atoms with Crippen LogP contribution >= 0.6 is 0 Å². The molecule has 2 aromatic carbocycles. The maximum atomic E-state index is 12.9. The summed E-state index contributed by atoms with van der Waals surface area (Å²) in [4.78, 5) is 24.7. The summed E-state index contributed by atoms with van der Waals surface area (Å²) in [5, 5.41) is 0. The third kappa shape index (κ3) is 5.64. The minimum atomic E-state index is -0.121. The van der Waals surface area contributed by atoms with Crippen LogP contribution in [0.15, 0.2) is 47.3 Å². The fraction of sp³-hybridized carbons (Fsp3) is 0.481. The van der Waals surface area contributed by atoms with Crippen molar-refractivity contribution in [2.24, 2.45) is 18.9 Å². The van der Waals surface area contributed by atoms with E-state index in [4.69, 9.17) is 14.2 Å². The first-order chi connectivity index (χ1) is 16.5. The molecule has 0 aliphatic heterocycles. The van der Waals surface area contributed by atoms with Gasteiger partial charge in [-0.25, -0.2) is 4.79 Å². The lowest BCUT2D eigenvalue weighted by molar-refractivity contribution is -0.146. The number of carbonyl (C=O) groups is 1. The highest BCUT2D eigenvalue weighted by atomic mass is 16.5. The van der Waals surface area contributed by atoms with Crippen molar-refractivity contribution in [1.82, 2.24) is 9.13 Å². The first-order valence-electron chi connectivity index (χ1n) is 12.0. The summed E-state index contributed by atoms with van der Waals surface area (Å²) in [6, 6.07) is 13.5. The van der Waals surface area contributed by atoms with Crippen LogP contribution in [0.4, 0.5) is 0 Å². The molecule has 0 unspecified atom stereocenters. The van der Waals surface area contributed by atoms with E-state index in [1.165, 1.54) is 7.11 Å². The van der Waals surface area contributed by atoms with Gasteiger partial charge in [-0.05, 0) is 61.4 Å². The smallest absolute Gasteiger partial charge is 0.328 e. The summed E-state index contributed by atoms with van der Waals surface area (Å²) in [6.45, 7) is 5.08. The van der Waals surface area contributed by atoms with Gasteiger partial charge in [0.1, 0.15) is 18.1 Å². The van der Waals surface area contributed by atoms with Crippen molar-refractivity contribution in [3.63, 3.8) is 0 Å². The molecule has 0 N–H and O–H groups in total. The van der Waals surface area contributed by atoms with Crippen molar-refractivity contribution in [1.29, 1.82) is 0 Å². The predicted octanol–water partition coefficient (Wildman–Crippen LogP) is 4.93. The molecule has 0 spiro atoms. The topological polar surface area (TPSA) is 71.7 Å². The number of aryl methyl sites for hydroxylation is 1. The molecule has 3 aromatic rings. The van der Waals surface area contributed by atoms with Crippen LogP contribution in [0.2, 0.25) is 0 Å². The first-order valence-corrected chi connectivity index (χ1v) is 12.0. The molecule has 0 radical (unpaired) electrons. The molecule has 34 heavy (non-hydrogen) atoms. The molecule has 7 heteroatoms. The monoisotopic (exact) mass is 468 g/mol. The van der Waals surface area contributed by atoms with Crippen LogP contribution in [0.3, 0.4) is 0 Å². The second-order valence-electron chi connectivity index (χ2n) is 8.48. The number of carbonyl (C=O) groups excluding carboxylic acids is 1. The van der Waals surface area contributed by atoms with Crippen molar-refractivity contribution >= 4 is 17.0 Å². The van der Waals surface area contributed by atoms with Gasteiger partial charge >= 0.3 is 11.7 Å². The van der Waals surface area contributed by atoms with Crippen molar-refractivity contribution in [3.8, 4) is 11.5 Å². The SMILES string of the molecule is CC.COC(=O)C1CCC(Cn2c(=O)n(C)c3ccc(OCc4ccc(OC)cc4)cc32)CC1. The van der Waals surface area contributed by atoms with Gasteiger partial charge in [-0.15, -0.1) is 0 Å². The van der Waals surface area contributed by atoms with Gasteiger partial charge in [-0.3, -0.25) is 13.9 Å². The Morgan fingerprint density at radius 2 is 1.59 bits per heavy atom. The fourth-order valence-corrected chi connectivity index (χ4v) is 4.55. The molecule has 184 valence electrons. The average Bonchev–Trinajstić information content (AvgIpc) is 3.13. The van der Waals surface area contributed by atoms with Crippen LogP contribution in [-0.2, 0) is 29.7 Å². The lowest BCUT2D eigenvalue weighted by Gasteiger charge is -2.27. The van der Waals surface area contributed by atoms with Crippen LogP contribution in [0.5, 0.6) is 11.5 Å². The normalized spacial score (nSPS) is 17.6. The Hall–Kier alpha value is -3.22. The number of benzene rings is 2. The molecule has 1 aromatic heterocycles. The van der Waals surface area contributed by atoms with Gasteiger partial charge in [0, 0.05) is 19.7 Å². The standard InChI is InChI=1S/C25H30N2O5.C2H6/c1-26-22-13-12-21(32-16-18-6-10-20(30-2)11-7-18)14-23(22)27(25(26)29)15-17-4-8-19(9-5-17)24(28)31-3;1-2/h6-7,10-14,17,19H,4-5,8-9,15-16H2,1-3H3;1-2H3. The van der Waals surface area contributed by atoms with Gasteiger partial charge < -0.3 is 14.2 Å². The van der Waals surface area contributed by atoms with Crippen molar-refractivity contribution in [2.45, 2.75) is 52.7 Å². The molecule has 1 heterocycles. The minimum absolute atomic E-state index is 0.0153. The number of hydrogen-bond acceptors (Lipinski definition) is 5. The fourth-order valence-electron chi connectivity index (χ4n) is 4.55. The van der Waals surface area contributed by atoms with Gasteiger partial charge in [0.25, 0.3) is 0 Å². The van der Waals surface area contributed by atoms with Gasteiger partial charge in [0.2, 0.25) is 0 Å². The van der Waals surface area contributed by atoms with Gasteiger partial charge in [0.15, 0.2) is 0 Å². The Morgan fingerprint density at radius 1 is 0.941 bits per heavy atom. The zero-order valence-corrected chi connectivity index (χ0v) is 20.9. The number of hydrogen-bond donors (Lipinski definition) is 0. The van der Waals surface area contributed by atoms with Gasteiger partial charge in [0.05, 0.1) is 31.2 Å². The summed E-state index contributed by atoms with van der Waals surface area (Å²) in [5.41, 5.74) is 2.77. The van der Waals surface area contributed by atoms with Crippen LogP contribution in [-0.4, -0.2) is 29.3 Å². The van der Waals surface area contributed by atoms with Crippen molar-refractivity contribution in [2.75, 3.05) is 14.2 Å². The minimum Gasteiger partial charge on any atom is -0.497 e. The summed E-state index contributed by atoms with van der Waals surface area (Å²) in [5.74, 6) is 1.76. The van der Waals surface area contributed by atoms with E-state index in [9.17, 15) is 9.59 Å². The second kappa shape index (κ2) is 11.8. The summed E-state index contributed by atoms with van der Waals surface area (Å²) in [7, 11) is 4.89. The predicted molar refractivity (Wildman–Crippen MR) is 133 cm³/mol. The maximum absolute atomic E-state index is 12.9. The molecule has 0 atom stereocenters. The van der Waals surface area contributed by atoms with E-state index in [2.05, 4.69) is 0 Å². The van der Waals surface area contributed by atoms with Crippen LogP contribution in [0.25, 0.3) is 11.0 Å². The van der Waals surface area contributed by atoms with E-state index in [-0.39, 0.29) is 17.6 Å². The largest absolute Gasteiger partial charge is 0.497 e. The lowest BCUT2D eigenvalue weighted by atomic mass is 9.82. The Labute approximate surface area is 201 Å². The summed E-state index contributed by atoms with van der Waals surface area (Å²) >= 11 is 0. The Bertz CT molecular complexity index is 1140. The number of imidazole rings is 1. The lowest BCUT2D eigenvalue weighted by Crippen LogP contribution is -2.29. The van der Waals surface area contributed by atoms with E-state index >= 15 is 0 Å². The van der Waals surface area contributed by atoms with Gasteiger partial charge in [-0.1, -0.05) is 26.0 Å². The number of methoxy groups -OCH3 is 2. The Kier molecular flexibility index (Phi) is 8.79. The van der Waals surface area contributed by atoms with Crippen molar-refractivity contribution < 1.29 is 19.0 Å². The quantitative estimate of drug-likeness (QED) is 0.460. The highest BCUT2D eigenvalue weighted by Crippen LogP contribution is 2.31. The van der Waals surface area contributed by atoms with E-state index in [0.717, 1.165) is 53.8 Å². The average molecular weight is 469 g/mol. The number of ether oxygens (including phenoxy) is 3. The number of esters is 1. The molecule has 1 aliphatic carbocycles. The third-order valence-corrected chi connectivity index (χ3v) is 6.50. The second-order valence-corrected chi connectivity index (χ2v) is 8.48. The van der Waals surface area contributed by atoms with E-state index in [1.807, 2.05) is 60.9 Å². The number of aromatic nitrogens is 2. The molecular weight excluding hydrogens is 432 g/mol. The zero-order chi connectivity index (χ0) is 24.7. The highest BCUT2D eigenvalue weighted by Gasteiger charge is 2.28.